The van der Waals surface area contributed by atoms with E-state index in [0.29, 0.717) is 5.65 Å². The van der Waals surface area contributed by atoms with Gasteiger partial charge in [0.05, 0.1) is 17.3 Å². The molecule has 2 aromatic rings. The van der Waals surface area contributed by atoms with Gasteiger partial charge in [0, 0.05) is 14.2 Å². The van der Waals surface area contributed by atoms with Crippen LogP contribution in [0.25, 0.3) is 11.2 Å². The van der Waals surface area contributed by atoms with Crippen LogP contribution in [0, 0.1) is 0 Å². The molecule has 2 heterocycles. The lowest BCUT2D eigenvalue weighted by atomic mass is 9.63. The maximum atomic E-state index is 12.8. The normalized spacial score (nSPS) is 31.0. The molecule has 0 aromatic carbocycles. The predicted octanol–water partition coefficient (Wildman–Crippen LogP) is 2.23. The van der Waals surface area contributed by atoms with E-state index in [1.165, 1.54) is 0 Å². The fourth-order valence-electron chi connectivity index (χ4n) is 4.29. The van der Waals surface area contributed by atoms with Crippen molar-refractivity contribution in [3.63, 3.8) is 0 Å². The van der Waals surface area contributed by atoms with Crippen molar-refractivity contribution in [2.75, 3.05) is 7.11 Å². The van der Waals surface area contributed by atoms with Crippen molar-refractivity contribution < 1.29 is 4.74 Å². The second-order valence-electron chi connectivity index (χ2n) is 6.64. The monoisotopic (exact) mass is 322 g/mol. The summed E-state index contributed by atoms with van der Waals surface area (Å²) < 4.78 is 9.24. The first-order valence-electron chi connectivity index (χ1n) is 7.66. The van der Waals surface area contributed by atoms with Gasteiger partial charge in [-0.3, -0.25) is 9.13 Å². The zero-order valence-corrected chi connectivity index (χ0v) is 13.6. The molecule has 0 unspecified atom stereocenters. The molecule has 2 bridgehead atoms. The smallest absolute Gasteiger partial charge is 0.330 e. The van der Waals surface area contributed by atoms with Gasteiger partial charge in [-0.05, 0) is 50.1 Å². The first-order chi connectivity index (χ1) is 10.5. The third-order valence-corrected chi connectivity index (χ3v) is 6.00. The minimum absolute atomic E-state index is 0.0164. The third kappa shape index (κ3) is 1.74. The molecule has 2 aromatic heterocycles. The lowest BCUT2D eigenvalue weighted by Crippen LogP contribution is -2.54. The summed E-state index contributed by atoms with van der Waals surface area (Å²) in [7, 11) is 3.57. The van der Waals surface area contributed by atoms with Crippen LogP contribution in [0.4, 0.5) is 0 Å². The molecular weight excluding hydrogens is 304 g/mol. The topological polar surface area (TPSA) is 61.9 Å². The molecule has 5 rings (SSSR count). The summed E-state index contributed by atoms with van der Waals surface area (Å²) in [5, 5.41) is 0.182. The Labute approximate surface area is 133 Å². The molecule has 7 heteroatoms. The lowest BCUT2D eigenvalue weighted by molar-refractivity contribution is -0.111. The Balaban J connectivity index is 1.91. The highest BCUT2D eigenvalue weighted by Gasteiger charge is 2.51. The highest BCUT2D eigenvalue weighted by Crippen LogP contribution is 2.52. The van der Waals surface area contributed by atoms with E-state index in [1.807, 2.05) is 4.57 Å². The average molecular weight is 323 g/mol. The Hall–Kier alpha value is -1.40. The molecule has 0 radical (unpaired) electrons. The van der Waals surface area contributed by atoms with Crippen LogP contribution in [0.3, 0.4) is 0 Å². The van der Waals surface area contributed by atoms with Crippen LogP contribution >= 0.6 is 11.6 Å². The van der Waals surface area contributed by atoms with Gasteiger partial charge in [0.1, 0.15) is 5.52 Å². The fourth-order valence-corrected chi connectivity index (χ4v) is 4.42. The fraction of sp³-hybridized carbons (Fsp3) is 0.667. The second kappa shape index (κ2) is 4.55. The van der Waals surface area contributed by atoms with E-state index >= 15 is 0 Å². The number of rotatable bonds is 2. The van der Waals surface area contributed by atoms with Crippen molar-refractivity contribution >= 4 is 22.8 Å². The zero-order valence-electron chi connectivity index (χ0n) is 12.8. The molecule has 3 fully saturated rings. The standard InChI is InChI=1S/C15H19ClN4O2/c1-19-10-9-17-12(16)18-11(10)20(13(19)21)14-3-6-15(22-2,7-4-14)8-5-14/h9H,3-8H2,1-2H3. The predicted molar refractivity (Wildman–Crippen MR) is 83.2 cm³/mol. The molecule has 0 saturated heterocycles. The van der Waals surface area contributed by atoms with Gasteiger partial charge in [-0.2, -0.15) is 4.98 Å². The minimum atomic E-state index is -0.158. The van der Waals surface area contributed by atoms with Crippen LogP contribution < -0.4 is 5.69 Å². The molecule has 0 spiro atoms. The number of fused-ring (bicyclic) bond motifs is 4. The van der Waals surface area contributed by atoms with E-state index in [0.717, 1.165) is 44.0 Å². The van der Waals surface area contributed by atoms with E-state index in [9.17, 15) is 4.79 Å². The highest BCUT2D eigenvalue weighted by molar-refractivity contribution is 6.28. The second-order valence-corrected chi connectivity index (χ2v) is 6.97. The van der Waals surface area contributed by atoms with Crippen LogP contribution in [-0.4, -0.2) is 31.8 Å². The quantitative estimate of drug-likeness (QED) is 0.795. The Bertz CT molecular complexity index is 785. The number of aryl methyl sites for hydroxylation is 1. The maximum Gasteiger partial charge on any atom is 0.330 e. The summed E-state index contributed by atoms with van der Waals surface area (Å²) in [5.74, 6) is 0. The number of halogens is 1. The van der Waals surface area contributed by atoms with Gasteiger partial charge in [0.2, 0.25) is 5.28 Å². The van der Waals surface area contributed by atoms with Crippen molar-refractivity contribution in [3.8, 4) is 0 Å². The van der Waals surface area contributed by atoms with Crippen LogP contribution in [-0.2, 0) is 17.3 Å². The molecule has 0 aliphatic heterocycles. The van der Waals surface area contributed by atoms with Crippen molar-refractivity contribution in [2.24, 2.45) is 7.05 Å². The molecule has 0 amide bonds. The molecular formula is C15H19ClN4O2. The minimum Gasteiger partial charge on any atom is -0.378 e. The Morgan fingerprint density at radius 1 is 1.23 bits per heavy atom. The molecule has 0 atom stereocenters. The van der Waals surface area contributed by atoms with Gasteiger partial charge >= 0.3 is 5.69 Å². The lowest BCUT2D eigenvalue weighted by Gasteiger charge is -2.52. The number of nitrogens with zero attached hydrogens (tertiary/aromatic N) is 4. The van der Waals surface area contributed by atoms with Crippen molar-refractivity contribution in [1.82, 2.24) is 19.1 Å². The third-order valence-electron chi connectivity index (χ3n) is 5.82. The number of ether oxygens (including phenoxy) is 1. The molecule has 3 aliphatic carbocycles. The van der Waals surface area contributed by atoms with E-state index in [2.05, 4.69) is 9.97 Å². The Morgan fingerprint density at radius 3 is 2.45 bits per heavy atom. The molecule has 3 aliphatic rings. The van der Waals surface area contributed by atoms with Crippen LogP contribution in [0.15, 0.2) is 11.0 Å². The summed E-state index contributed by atoms with van der Waals surface area (Å²) in [5.41, 5.74) is 1.22. The number of methoxy groups -OCH3 is 1. The van der Waals surface area contributed by atoms with Gasteiger partial charge in [-0.25, -0.2) is 9.78 Å². The molecule has 0 N–H and O–H groups in total. The van der Waals surface area contributed by atoms with Gasteiger partial charge in [0.15, 0.2) is 5.65 Å². The van der Waals surface area contributed by atoms with E-state index in [4.69, 9.17) is 16.3 Å². The van der Waals surface area contributed by atoms with Gasteiger partial charge in [0.25, 0.3) is 0 Å². The SMILES string of the molecule is COC12CCC(n3c(=O)n(C)c4cnc(Cl)nc43)(CC1)CC2. The van der Waals surface area contributed by atoms with Gasteiger partial charge in [-0.15, -0.1) is 0 Å². The van der Waals surface area contributed by atoms with Crippen LogP contribution in [0.1, 0.15) is 38.5 Å². The summed E-state index contributed by atoms with van der Waals surface area (Å²) in [6.45, 7) is 0. The molecule has 118 valence electrons. The van der Waals surface area contributed by atoms with Gasteiger partial charge < -0.3 is 4.74 Å². The molecule has 3 saturated carbocycles. The summed E-state index contributed by atoms with van der Waals surface area (Å²) in [6.07, 6.45) is 7.44. The first-order valence-corrected chi connectivity index (χ1v) is 8.04. The average Bonchev–Trinajstić information content (AvgIpc) is 2.80. The Kier molecular flexibility index (Phi) is 2.94. The van der Waals surface area contributed by atoms with Crippen LogP contribution in [0.2, 0.25) is 5.28 Å². The van der Waals surface area contributed by atoms with Crippen LogP contribution in [0.5, 0.6) is 0 Å². The zero-order chi connectivity index (χ0) is 15.5. The number of hydrogen-bond donors (Lipinski definition) is 0. The summed E-state index contributed by atoms with van der Waals surface area (Å²) in [4.78, 5) is 21.2. The van der Waals surface area contributed by atoms with Crippen molar-refractivity contribution in [3.05, 3.63) is 22.0 Å². The summed E-state index contributed by atoms with van der Waals surface area (Å²) >= 11 is 5.97. The van der Waals surface area contributed by atoms with E-state index in [-0.39, 0.29) is 22.1 Å². The van der Waals surface area contributed by atoms with Gasteiger partial charge in [-0.1, -0.05) is 0 Å². The number of hydrogen-bond acceptors (Lipinski definition) is 4. The van der Waals surface area contributed by atoms with Crippen molar-refractivity contribution in [1.29, 1.82) is 0 Å². The van der Waals surface area contributed by atoms with Crippen molar-refractivity contribution in [2.45, 2.75) is 49.7 Å². The molecule has 6 nitrogen and oxygen atoms in total. The largest absolute Gasteiger partial charge is 0.378 e. The van der Waals surface area contributed by atoms with E-state index in [1.54, 1.807) is 24.9 Å². The van der Waals surface area contributed by atoms with E-state index < -0.39 is 0 Å². The maximum absolute atomic E-state index is 12.8. The summed E-state index contributed by atoms with van der Waals surface area (Å²) in [6, 6.07) is 0. The highest BCUT2D eigenvalue weighted by atomic mass is 35.5. The molecule has 22 heavy (non-hydrogen) atoms. The number of aromatic nitrogens is 4. The first kappa shape index (κ1) is 14.2. The Morgan fingerprint density at radius 2 is 1.86 bits per heavy atom. The number of imidazole rings is 1.